The van der Waals surface area contributed by atoms with E-state index in [0.29, 0.717) is 65.4 Å². The maximum absolute atomic E-state index is 13.2. The number of carbonyl (C=O) groups excluding carboxylic acids is 2. The lowest BCUT2D eigenvalue weighted by molar-refractivity contribution is -0.148. The molecule has 1 amide bonds. The minimum absolute atomic E-state index is 0.0595. The molecule has 1 unspecified atom stereocenters. The number of esters is 1. The second-order valence-electron chi connectivity index (χ2n) is 8.98. The van der Waals surface area contributed by atoms with E-state index in [4.69, 9.17) is 17.0 Å². The molecule has 10 heteroatoms. The molecule has 2 saturated heterocycles. The molecule has 1 aromatic heterocycles. The van der Waals surface area contributed by atoms with E-state index in [2.05, 4.69) is 13.0 Å². The summed E-state index contributed by atoms with van der Waals surface area (Å²) >= 11 is 6.74. The van der Waals surface area contributed by atoms with Crippen LogP contribution in [0.2, 0.25) is 0 Å². The van der Waals surface area contributed by atoms with E-state index >= 15 is 0 Å². The molecule has 2 aliphatic heterocycles. The number of carbonyl (C=O) groups is 2. The van der Waals surface area contributed by atoms with Crippen LogP contribution in [-0.4, -0.2) is 51.9 Å². The van der Waals surface area contributed by atoms with Crippen LogP contribution < -0.4 is 10.5 Å². The number of hydrogen-bond donors (Lipinski definition) is 0. The van der Waals surface area contributed by atoms with Crippen molar-refractivity contribution in [1.82, 2.24) is 9.47 Å². The van der Waals surface area contributed by atoms with Gasteiger partial charge in [-0.3, -0.25) is 23.9 Å². The molecule has 0 aliphatic carbocycles. The highest BCUT2D eigenvalue weighted by Gasteiger charge is 2.34. The fourth-order valence-corrected chi connectivity index (χ4v) is 6.03. The summed E-state index contributed by atoms with van der Waals surface area (Å²) in [6, 6.07) is 2.06. The number of thiocarbonyl (C=S) groups is 1. The van der Waals surface area contributed by atoms with Crippen molar-refractivity contribution in [2.24, 2.45) is 5.92 Å². The predicted octanol–water partition coefficient (Wildman–Crippen LogP) is 4.22. The lowest BCUT2D eigenvalue weighted by Crippen LogP contribution is -2.43. The minimum Gasteiger partial charge on any atom is -0.466 e. The van der Waals surface area contributed by atoms with Crippen molar-refractivity contribution in [1.29, 1.82) is 5.26 Å². The van der Waals surface area contributed by atoms with Crippen LogP contribution in [0.3, 0.4) is 0 Å². The normalized spacial score (nSPS) is 19.2. The monoisotopic (exact) mass is 530 g/mol. The summed E-state index contributed by atoms with van der Waals surface area (Å²) < 4.78 is 7.36. The maximum Gasteiger partial charge on any atom is 0.310 e. The summed E-state index contributed by atoms with van der Waals surface area (Å²) in [7, 11) is 0. The fourth-order valence-electron chi connectivity index (χ4n) is 4.74. The van der Waals surface area contributed by atoms with Crippen molar-refractivity contribution in [3.63, 3.8) is 0 Å². The van der Waals surface area contributed by atoms with Gasteiger partial charge < -0.3 is 9.64 Å². The molecule has 0 saturated carbocycles. The molecular formula is C26H34N4O4S2. The Labute approximate surface area is 222 Å². The van der Waals surface area contributed by atoms with Crippen LogP contribution in [0.25, 0.3) is 6.08 Å². The Bertz CT molecular complexity index is 1170. The third-order valence-corrected chi connectivity index (χ3v) is 8.02. The number of rotatable bonds is 9. The zero-order chi connectivity index (χ0) is 26.4. The van der Waals surface area contributed by atoms with Gasteiger partial charge in [0.25, 0.3) is 11.5 Å². The first-order chi connectivity index (χ1) is 17.3. The number of nitrogens with zero attached hydrogens (tertiary/aromatic N) is 4. The van der Waals surface area contributed by atoms with Gasteiger partial charge >= 0.3 is 5.97 Å². The Morgan fingerprint density at radius 3 is 2.67 bits per heavy atom. The smallest absolute Gasteiger partial charge is 0.310 e. The SMILES string of the molecule is CCCCCN1C(=O)C(=Cc2c(C)c(C#N)c(=O)n(CC)c2N2CCCC(C(=O)OCC)C2)SC1=S. The van der Waals surface area contributed by atoms with E-state index in [0.717, 1.165) is 25.7 Å². The molecular weight excluding hydrogens is 496 g/mol. The van der Waals surface area contributed by atoms with Crippen molar-refractivity contribution in [3.8, 4) is 6.07 Å². The van der Waals surface area contributed by atoms with Crippen molar-refractivity contribution in [2.75, 3.05) is 31.1 Å². The minimum atomic E-state index is -0.366. The summed E-state index contributed by atoms with van der Waals surface area (Å²) in [5, 5.41) is 9.78. The average Bonchev–Trinajstić information content (AvgIpc) is 3.13. The van der Waals surface area contributed by atoms with Crippen molar-refractivity contribution < 1.29 is 14.3 Å². The molecule has 2 aliphatic rings. The predicted molar refractivity (Wildman–Crippen MR) is 147 cm³/mol. The van der Waals surface area contributed by atoms with Crippen LogP contribution in [0.15, 0.2) is 9.70 Å². The molecule has 1 atom stereocenters. The highest BCUT2D eigenvalue weighted by molar-refractivity contribution is 8.26. The van der Waals surface area contributed by atoms with Gasteiger partial charge in [-0.15, -0.1) is 0 Å². The molecule has 0 aromatic carbocycles. The average molecular weight is 531 g/mol. The molecule has 194 valence electrons. The number of ether oxygens (including phenoxy) is 1. The van der Waals surface area contributed by atoms with Gasteiger partial charge in [0.1, 0.15) is 21.8 Å². The highest BCUT2D eigenvalue weighted by Crippen LogP contribution is 2.37. The summed E-state index contributed by atoms with van der Waals surface area (Å²) in [5.74, 6) is -0.0707. The van der Waals surface area contributed by atoms with E-state index < -0.39 is 0 Å². The third-order valence-electron chi connectivity index (χ3n) is 6.64. The zero-order valence-electron chi connectivity index (χ0n) is 21.5. The van der Waals surface area contributed by atoms with Crippen LogP contribution in [-0.2, 0) is 20.9 Å². The number of unbranched alkanes of at least 4 members (excludes halogenated alkanes) is 2. The molecule has 1 aromatic rings. The standard InChI is InChI=1S/C26H34N4O4S2/c1-5-8-9-13-30-24(32)21(36-26(30)35)14-19-17(4)20(15-27)23(31)29(6-2)22(19)28-12-10-11-18(16-28)25(33)34-7-3/h14,18H,5-13,16H2,1-4H3. The van der Waals surface area contributed by atoms with Crippen LogP contribution in [0, 0.1) is 24.2 Å². The van der Waals surface area contributed by atoms with Gasteiger partial charge in [0.05, 0.1) is 17.4 Å². The van der Waals surface area contributed by atoms with Gasteiger partial charge in [-0.2, -0.15) is 5.26 Å². The maximum atomic E-state index is 13.2. The number of thioether (sulfide) groups is 1. The molecule has 0 bridgehead atoms. The largest absolute Gasteiger partial charge is 0.466 e. The molecule has 36 heavy (non-hydrogen) atoms. The van der Waals surface area contributed by atoms with Gasteiger partial charge in [-0.05, 0) is 51.7 Å². The molecule has 8 nitrogen and oxygen atoms in total. The fraction of sp³-hybridized carbons (Fsp3) is 0.577. The molecule has 3 rings (SSSR count). The number of nitriles is 1. The van der Waals surface area contributed by atoms with Crippen LogP contribution >= 0.6 is 24.0 Å². The Hall–Kier alpha value is -2.64. The summed E-state index contributed by atoms with van der Waals surface area (Å²) in [5.41, 5.74) is 0.863. The summed E-state index contributed by atoms with van der Waals surface area (Å²) in [4.78, 5) is 43.1. The molecule has 0 radical (unpaired) electrons. The van der Waals surface area contributed by atoms with Crippen molar-refractivity contribution >= 4 is 52.1 Å². The number of pyridine rings is 1. The topological polar surface area (TPSA) is 95.6 Å². The molecule has 3 heterocycles. The second kappa shape index (κ2) is 12.5. The van der Waals surface area contributed by atoms with Crippen LogP contribution in [0.1, 0.15) is 69.6 Å². The first-order valence-corrected chi connectivity index (χ1v) is 13.9. The first-order valence-electron chi connectivity index (χ1n) is 12.6. The van der Waals surface area contributed by atoms with Gasteiger partial charge in [0.2, 0.25) is 0 Å². The zero-order valence-corrected chi connectivity index (χ0v) is 23.1. The summed E-state index contributed by atoms with van der Waals surface area (Å²) in [6.45, 7) is 9.79. The Morgan fingerprint density at radius 1 is 1.28 bits per heavy atom. The summed E-state index contributed by atoms with van der Waals surface area (Å²) in [6.07, 6.45) is 6.19. The number of hydrogen-bond acceptors (Lipinski definition) is 8. The van der Waals surface area contributed by atoms with Gasteiger partial charge in [-0.1, -0.05) is 43.7 Å². The van der Waals surface area contributed by atoms with Gasteiger partial charge in [-0.25, -0.2) is 0 Å². The Balaban J connectivity index is 2.11. The number of aromatic nitrogens is 1. The molecule has 2 fully saturated rings. The van der Waals surface area contributed by atoms with E-state index in [1.807, 2.05) is 11.8 Å². The quantitative estimate of drug-likeness (QED) is 0.203. The lowest BCUT2D eigenvalue weighted by atomic mass is 9.96. The van der Waals surface area contributed by atoms with E-state index in [1.165, 1.54) is 11.8 Å². The van der Waals surface area contributed by atoms with E-state index in [9.17, 15) is 19.6 Å². The van der Waals surface area contributed by atoms with Crippen molar-refractivity contribution in [2.45, 2.75) is 66.3 Å². The van der Waals surface area contributed by atoms with Crippen LogP contribution in [0.5, 0.6) is 0 Å². The molecule has 0 spiro atoms. The Morgan fingerprint density at radius 2 is 2.03 bits per heavy atom. The first kappa shape index (κ1) is 27.9. The number of anilines is 1. The van der Waals surface area contributed by atoms with Crippen LogP contribution in [0.4, 0.5) is 5.82 Å². The second-order valence-corrected chi connectivity index (χ2v) is 10.7. The van der Waals surface area contributed by atoms with E-state index in [1.54, 1.807) is 29.4 Å². The molecule has 0 N–H and O–H groups in total. The van der Waals surface area contributed by atoms with Gasteiger partial charge in [0.15, 0.2) is 0 Å². The van der Waals surface area contributed by atoms with Gasteiger partial charge in [0, 0.05) is 31.7 Å². The number of amides is 1. The lowest BCUT2D eigenvalue weighted by Gasteiger charge is -2.36. The Kier molecular flexibility index (Phi) is 9.74. The van der Waals surface area contributed by atoms with E-state index in [-0.39, 0.29) is 28.9 Å². The number of piperidine rings is 1. The highest BCUT2D eigenvalue weighted by atomic mass is 32.2. The third kappa shape index (κ3) is 5.68. The van der Waals surface area contributed by atoms with Crippen molar-refractivity contribution in [3.05, 3.63) is 31.9 Å².